The second-order valence-corrected chi connectivity index (χ2v) is 8.30. The van der Waals surface area contributed by atoms with Crippen molar-refractivity contribution in [1.29, 1.82) is 0 Å². The van der Waals surface area contributed by atoms with Gasteiger partial charge in [-0.1, -0.05) is 42.4 Å². The lowest BCUT2D eigenvalue weighted by molar-refractivity contribution is -0.133. The Kier molecular flexibility index (Phi) is 6.27. The Hall–Kier alpha value is -1.92. The van der Waals surface area contributed by atoms with E-state index in [1.165, 1.54) is 25.7 Å². The summed E-state index contributed by atoms with van der Waals surface area (Å²) in [6, 6.07) is 7.39. The number of aromatic nitrogens is 2. The van der Waals surface area contributed by atoms with Crippen molar-refractivity contribution in [1.82, 2.24) is 19.9 Å². The van der Waals surface area contributed by atoms with Gasteiger partial charge in [-0.25, -0.2) is 0 Å². The van der Waals surface area contributed by atoms with Gasteiger partial charge in [0.1, 0.15) is 0 Å². The van der Waals surface area contributed by atoms with Crippen molar-refractivity contribution in [2.24, 2.45) is 5.92 Å². The normalized spacial score (nSPS) is 18.7. The zero-order valence-corrected chi connectivity index (χ0v) is 16.9. The molecule has 0 unspecified atom stereocenters. The quantitative estimate of drug-likeness (QED) is 0.730. The summed E-state index contributed by atoms with van der Waals surface area (Å²) in [5.41, 5.74) is 0.886. The van der Waals surface area contributed by atoms with Gasteiger partial charge in [0.25, 0.3) is 0 Å². The van der Waals surface area contributed by atoms with Gasteiger partial charge >= 0.3 is 0 Å². The monoisotopic (exact) mass is 402 g/mol. The number of hydrogen-bond acceptors (Lipinski definition) is 5. The third kappa shape index (κ3) is 4.92. The van der Waals surface area contributed by atoms with Crippen molar-refractivity contribution in [3.8, 4) is 11.4 Å². The Labute approximate surface area is 170 Å². The summed E-state index contributed by atoms with van der Waals surface area (Å²) in [5, 5.41) is 4.75. The molecular weight excluding hydrogens is 376 g/mol. The summed E-state index contributed by atoms with van der Waals surface area (Å²) >= 11 is 5.92. The zero-order chi connectivity index (χ0) is 19.3. The number of carbonyl (C=O) groups is 1. The van der Waals surface area contributed by atoms with Crippen LogP contribution in [-0.4, -0.2) is 52.0 Å². The van der Waals surface area contributed by atoms with Crippen molar-refractivity contribution >= 4 is 17.5 Å². The van der Waals surface area contributed by atoms with Crippen LogP contribution >= 0.6 is 11.6 Å². The second kappa shape index (κ2) is 9.05. The summed E-state index contributed by atoms with van der Waals surface area (Å²) in [4.78, 5) is 21.2. The van der Waals surface area contributed by atoms with Crippen LogP contribution in [-0.2, 0) is 11.3 Å². The van der Waals surface area contributed by atoms with Gasteiger partial charge in [0.2, 0.25) is 17.6 Å². The first kappa shape index (κ1) is 19.4. The van der Waals surface area contributed by atoms with E-state index in [4.69, 9.17) is 16.1 Å². The van der Waals surface area contributed by atoms with E-state index >= 15 is 0 Å². The van der Waals surface area contributed by atoms with Crippen LogP contribution in [0.4, 0.5) is 0 Å². The highest BCUT2D eigenvalue weighted by Gasteiger charge is 2.24. The van der Waals surface area contributed by atoms with Crippen LogP contribution in [0.15, 0.2) is 28.8 Å². The van der Waals surface area contributed by atoms with Gasteiger partial charge in [-0.3, -0.25) is 9.69 Å². The SMILES string of the molecule is O=C(CCC1CCCC1)N1CCN(Cc2nc(-c3ccc(Cl)cc3)no2)CC1. The highest BCUT2D eigenvalue weighted by atomic mass is 35.5. The number of piperazine rings is 1. The number of amides is 1. The predicted molar refractivity (Wildman–Crippen MR) is 108 cm³/mol. The molecule has 1 saturated carbocycles. The maximum atomic E-state index is 12.5. The summed E-state index contributed by atoms with van der Waals surface area (Å²) in [7, 11) is 0. The number of carbonyl (C=O) groups excluding carboxylic acids is 1. The molecule has 1 saturated heterocycles. The van der Waals surface area contributed by atoms with Crippen LogP contribution in [0.5, 0.6) is 0 Å². The fourth-order valence-corrected chi connectivity index (χ4v) is 4.29. The number of rotatable bonds is 6. The van der Waals surface area contributed by atoms with Crippen LogP contribution in [0.2, 0.25) is 5.02 Å². The first-order chi connectivity index (χ1) is 13.7. The van der Waals surface area contributed by atoms with Gasteiger partial charge in [0.05, 0.1) is 6.54 Å². The van der Waals surface area contributed by atoms with Crippen molar-refractivity contribution in [3.05, 3.63) is 35.2 Å². The molecular formula is C21H27ClN4O2. The number of nitrogens with zero attached hydrogens (tertiary/aromatic N) is 4. The summed E-state index contributed by atoms with van der Waals surface area (Å²) in [5.74, 6) is 2.27. The molecule has 150 valence electrons. The smallest absolute Gasteiger partial charge is 0.241 e. The van der Waals surface area contributed by atoms with Gasteiger partial charge in [-0.2, -0.15) is 4.98 Å². The zero-order valence-electron chi connectivity index (χ0n) is 16.1. The molecule has 2 aromatic rings. The fourth-order valence-electron chi connectivity index (χ4n) is 4.17. The van der Waals surface area contributed by atoms with Crippen LogP contribution in [0.25, 0.3) is 11.4 Å². The molecule has 7 heteroatoms. The molecule has 0 N–H and O–H groups in total. The van der Waals surface area contributed by atoms with Gasteiger partial charge < -0.3 is 9.42 Å². The van der Waals surface area contributed by atoms with Crippen LogP contribution in [0.3, 0.4) is 0 Å². The minimum Gasteiger partial charge on any atom is -0.340 e. The second-order valence-electron chi connectivity index (χ2n) is 7.86. The van der Waals surface area contributed by atoms with Gasteiger partial charge in [-0.05, 0) is 36.6 Å². The third-order valence-corrected chi connectivity index (χ3v) is 6.15. The Morgan fingerprint density at radius 2 is 1.82 bits per heavy atom. The highest BCUT2D eigenvalue weighted by Crippen LogP contribution is 2.28. The van der Waals surface area contributed by atoms with E-state index in [0.717, 1.165) is 44.1 Å². The van der Waals surface area contributed by atoms with Crippen molar-refractivity contribution in [3.63, 3.8) is 0 Å². The van der Waals surface area contributed by atoms with Crippen molar-refractivity contribution < 1.29 is 9.32 Å². The number of halogens is 1. The van der Waals surface area contributed by atoms with Gasteiger partial charge in [0, 0.05) is 43.2 Å². The molecule has 1 aromatic heterocycles. The Morgan fingerprint density at radius 3 is 2.54 bits per heavy atom. The molecule has 2 heterocycles. The molecule has 2 fully saturated rings. The fraction of sp³-hybridized carbons (Fsp3) is 0.571. The Balaban J connectivity index is 1.23. The maximum Gasteiger partial charge on any atom is 0.241 e. The third-order valence-electron chi connectivity index (χ3n) is 5.90. The molecule has 1 aliphatic carbocycles. The highest BCUT2D eigenvalue weighted by molar-refractivity contribution is 6.30. The van der Waals surface area contributed by atoms with E-state index in [0.29, 0.717) is 35.6 Å². The standard InChI is InChI=1S/C21H27ClN4O2/c22-18-8-6-17(7-9-18)21-23-19(28-24-21)15-25-11-13-26(14-12-25)20(27)10-5-16-3-1-2-4-16/h6-9,16H,1-5,10-15H2. The Bertz CT molecular complexity index is 778. The lowest BCUT2D eigenvalue weighted by Gasteiger charge is -2.34. The molecule has 0 radical (unpaired) electrons. The largest absolute Gasteiger partial charge is 0.340 e. The van der Waals surface area contributed by atoms with Gasteiger partial charge in [-0.15, -0.1) is 0 Å². The molecule has 2 aliphatic rings. The van der Waals surface area contributed by atoms with Crippen molar-refractivity contribution in [2.75, 3.05) is 26.2 Å². The average molecular weight is 403 g/mol. The molecule has 4 rings (SSSR count). The molecule has 0 bridgehead atoms. The molecule has 0 atom stereocenters. The molecule has 1 aromatic carbocycles. The van der Waals surface area contributed by atoms with Crippen LogP contribution < -0.4 is 0 Å². The van der Waals surface area contributed by atoms with Crippen LogP contribution in [0, 0.1) is 5.92 Å². The lowest BCUT2D eigenvalue weighted by Crippen LogP contribution is -2.48. The molecule has 0 spiro atoms. The summed E-state index contributed by atoms with van der Waals surface area (Å²) in [6.07, 6.45) is 7.07. The summed E-state index contributed by atoms with van der Waals surface area (Å²) in [6.45, 7) is 3.86. The molecule has 1 amide bonds. The lowest BCUT2D eigenvalue weighted by atomic mass is 10.0. The van der Waals surface area contributed by atoms with E-state index in [1.54, 1.807) is 0 Å². The number of hydrogen-bond donors (Lipinski definition) is 0. The predicted octanol–water partition coefficient (Wildman–Crippen LogP) is 4.00. The maximum absolute atomic E-state index is 12.5. The van der Waals surface area contributed by atoms with E-state index in [-0.39, 0.29) is 0 Å². The van der Waals surface area contributed by atoms with Crippen LogP contribution in [0.1, 0.15) is 44.4 Å². The van der Waals surface area contributed by atoms with E-state index in [1.807, 2.05) is 29.2 Å². The first-order valence-electron chi connectivity index (χ1n) is 10.3. The first-order valence-corrected chi connectivity index (χ1v) is 10.6. The minimum absolute atomic E-state index is 0.314. The van der Waals surface area contributed by atoms with Gasteiger partial charge in [0.15, 0.2) is 0 Å². The van der Waals surface area contributed by atoms with E-state index in [2.05, 4.69) is 15.0 Å². The average Bonchev–Trinajstić information content (AvgIpc) is 3.39. The Morgan fingerprint density at radius 1 is 1.11 bits per heavy atom. The van der Waals surface area contributed by atoms with E-state index < -0.39 is 0 Å². The topological polar surface area (TPSA) is 62.5 Å². The van der Waals surface area contributed by atoms with E-state index in [9.17, 15) is 4.79 Å². The minimum atomic E-state index is 0.314. The molecule has 1 aliphatic heterocycles. The number of benzene rings is 1. The van der Waals surface area contributed by atoms with Crippen molar-refractivity contribution in [2.45, 2.75) is 45.1 Å². The molecule has 28 heavy (non-hydrogen) atoms. The summed E-state index contributed by atoms with van der Waals surface area (Å²) < 4.78 is 5.41. The molecule has 6 nitrogen and oxygen atoms in total.